The van der Waals surface area contributed by atoms with Crippen molar-refractivity contribution in [3.8, 4) is 0 Å². The Balaban J connectivity index is 1.51. The van der Waals surface area contributed by atoms with Crippen molar-refractivity contribution >= 4 is 11.6 Å². The number of benzene rings is 2. The lowest BCUT2D eigenvalue weighted by molar-refractivity contribution is -0.122. The summed E-state index contributed by atoms with van der Waals surface area (Å²) in [6, 6.07) is 15.2. The summed E-state index contributed by atoms with van der Waals surface area (Å²) in [7, 11) is 0. The molecular weight excluding hydrogens is 357 g/mol. The van der Waals surface area contributed by atoms with E-state index in [2.05, 4.69) is 25.4 Å². The Hall–Kier alpha value is -3.06. The maximum atomic E-state index is 13.2. The summed E-state index contributed by atoms with van der Waals surface area (Å²) in [5, 5.41) is 9.82. The highest BCUT2D eigenvalue weighted by Gasteiger charge is 2.32. The van der Waals surface area contributed by atoms with Gasteiger partial charge in [0.15, 0.2) is 0 Å². The highest BCUT2D eigenvalue weighted by atomic mass is 19.1. The lowest BCUT2D eigenvalue weighted by Crippen LogP contribution is -2.41. The number of aromatic nitrogens is 3. The summed E-state index contributed by atoms with van der Waals surface area (Å²) in [5.74, 6) is 0.796. The first kappa shape index (κ1) is 18.3. The second kappa shape index (κ2) is 8.31. The third kappa shape index (κ3) is 4.09. The average molecular weight is 379 g/mol. The molecule has 1 aromatic heterocycles. The van der Waals surface area contributed by atoms with Crippen LogP contribution in [-0.4, -0.2) is 39.1 Å². The van der Waals surface area contributed by atoms with Crippen LogP contribution < -0.4 is 5.32 Å². The highest BCUT2D eigenvalue weighted by Crippen LogP contribution is 2.31. The Labute approximate surface area is 162 Å². The van der Waals surface area contributed by atoms with Crippen LogP contribution in [0.5, 0.6) is 0 Å². The van der Waals surface area contributed by atoms with E-state index in [1.807, 2.05) is 30.3 Å². The number of aromatic amines is 1. The number of carbonyl (C=O) groups excluding carboxylic acids is 1. The number of piperidine rings is 1. The van der Waals surface area contributed by atoms with E-state index in [-0.39, 0.29) is 11.7 Å². The van der Waals surface area contributed by atoms with Crippen molar-refractivity contribution in [3.05, 3.63) is 78.1 Å². The zero-order valence-electron chi connectivity index (χ0n) is 15.4. The number of rotatable bonds is 5. The van der Waals surface area contributed by atoms with Crippen LogP contribution in [0.2, 0.25) is 0 Å². The largest absolute Gasteiger partial charge is 0.324 e. The third-order valence-electron chi connectivity index (χ3n) is 5.19. The van der Waals surface area contributed by atoms with Gasteiger partial charge in [-0.3, -0.25) is 14.8 Å². The third-order valence-corrected chi connectivity index (χ3v) is 5.19. The summed E-state index contributed by atoms with van der Waals surface area (Å²) >= 11 is 0. The zero-order chi connectivity index (χ0) is 19.3. The summed E-state index contributed by atoms with van der Waals surface area (Å²) in [4.78, 5) is 19.6. The molecule has 2 heterocycles. The van der Waals surface area contributed by atoms with Crippen LogP contribution in [0.3, 0.4) is 0 Å². The van der Waals surface area contributed by atoms with Gasteiger partial charge in [0, 0.05) is 11.6 Å². The first-order valence-corrected chi connectivity index (χ1v) is 9.41. The molecule has 1 saturated heterocycles. The number of amides is 1. The number of hydrogen-bond donors (Lipinski definition) is 2. The van der Waals surface area contributed by atoms with E-state index >= 15 is 0 Å². The predicted molar refractivity (Wildman–Crippen MR) is 104 cm³/mol. The van der Waals surface area contributed by atoms with Crippen LogP contribution >= 0.6 is 0 Å². The fourth-order valence-corrected chi connectivity index (χ4v) is 3.75. The first-order valence-electron chi connectivity index (χ1n) is 9.41. The summed E-state index contributed by atoms with van der Waals surface area (Å²) in [6.07, 6.45) is 3.34. The fraction of sp³-hybridized carbons (Fsp3) is 0.286. The van der Waals surface area contributed by atoms with Gasteiger partial charge in [-0.05, 0) is 55.8 Å². The van der Waals surface area contributed by atoms with E-state index in [9.17, 15) is 9.18 Å². The van der Waals surface area contributed by atoms with Crippen LogP contribution in [0.4, 0.5) is 10.1 Å². The van der Waals surface area contributed by atoms with Crippen LogP contribution in [-0.2, 0) is 4.79 Å². The van der Waals surface area contributed by atoms with E-state index in [0.29, 0.717) is 11.6 Å². The van der Waals surface area contributed by atoms with Crippen LogP contribution in [0, 0.1) is 5.82 Å². The molecule has 2 N–H and O–H groups in total. The lowest BCUT2D eigenvalue weighted by Gasteiger charge is -2.36. The molecule has 1 atom stereocenters. The van der Waals surface area contributed by atoms with E-state index in [4.69, 9.17) is 0 Å². The molecule has 0 spiro atoms. The molecule has 0 unspecified atom stereocenters. The molecule has 1 aliphatic rings. The monoisotopic (exact) mass is 379 g/mol. The number of H-pyrrole nitrogens is 1. The van der Waals surface area contributed by atoms with E-state index in [1.165, 1.54) is 18.5 Å². The number of halogens is 1. The van der Waals surface area contributed by atoms with Crippen molar-refractivity contribution in [1.82, 2.24) is 20.1 Å². The molecule has 0 aliphatic carbocycles. The molecule has 6 nitrogen and oxygen atoms in total. The second-order valence-corrected chi connectivity index (χ2v) is 6.99. The van der Waals surface area contributed by atoms with Crippen molar-refractivity contribution in [2.75, 3.05) is 18.4 Å². The SMILES string of the molecule is O=C(Nc1ccc(F)cc1)[C@H](c1ccccc1)N1CCC(c2ncn[nH]2)CC1. The topological polar surface area (TPSA) is 73.9 Å². The standard InChI is InChI=1S/C21H22FN5O/c22-17-6-8-18(9-7-17)25-21(28)19(15-4-2-1-3-5-15)27-12-10-16(11-13-27)20-23-14-24-26-20/h1-9,14,16,19H,10-13H2,(H,25,28)(H,23,24,26)/t19-/m0/s1. The van der Waals surface area contributed by atoms with E-state index < -0.39 is 6.04 Å². The van der Waals surface area contributed by atoms with E-state index in [1.54, 1.807) is 12.1 Å². The van der Waals surface area contributed by atoms with Gasteiger partial charge in [-0.2, -0.15) is 5.10 Å². The minimum absolute atomic E-state index is 0.115. The Morgan fingerprint density at radius 1 is 1.11 bits per heavy atom. The molecule has 0 bridgehead atoms. The van der Waals surface area contributed by atoms with Crippen LogP contribution in [0.15, 0.2) is 60.9 Å². The van der Waals surface area contributed by atoms with Gasteiger partial charge in [0.1, 0.15) is 24.0 Å². The minimum Gasteiger partial charge on any atom is -0.324 e. The van der Waals surface area contributed by atoms with Crippen molar-refractivity contribution in [1.29, 1.82) is 0 Å². The van der Waals surface area contributed by atoms with Crippen LogP contribution in [0.25, 0.3) is 0 Å². The molecular formula is C21H22FN5O. The van der Waals surface area contributed by atoms with Gasteiger partial charge >= 0.3 is 0 Å². The molecule has 1 aliphatic heterocycles. The Morgan fingerprint density at radius 2 is 1.82 bits per heavy atom. The maximum Gasteiger partial charge on any atom is 0.246 e. The van der Waals surface area contributed by atoms with E-state index in [0.717, 1.165) is 37.3 Å². The smallest absolute Gasteiger partial charge is 0.246 e. The fourth-order valence-electron chi connectivity index (χ4n) is 3.75. The average Bonchev–Trinajstić information content (AvgIpc) is 3.26. The number of anilines is 1. The number of carbonyl (C=O) groups is 1. The molecule has 7 heteroatoms. The predicted octanol–water partition coefficient (Wildman–Crippen LogP) is 3.50. The molecule has 144 valence electrons. The summed E-state index contributed by atoms with van der Waals surface area (Å²) < 4.78 is 13.2. The highest BCUT2D eigenvalue weighted by molar-refractivity contribution is 5.95. The molecule has 0 radical (unpaired) electrons. The molecule has 0 saturated carbocycles. The van der Waals surface area contributed by atoms with Gasteiger partial charge in [-0.15, -0.1) is 0 Å². The van der Waals surface area contributed by atoms with Crippen molar-refractivity contribution in [3.63, 3.8) is 0 Å². The Kier molecular flexibility index (Phi) is 5.43. The summed E-state index contributed by atoms with van der Waals surface area (Å²) in [5.41, 5.74) is 1.53. The molecule has 2 aromatic carbocycles. The van der Waals surface area contributed by atoms with Crippen molar-refractivity contribution < 1.29 is 9.18 Å². The Bertz CT molecular complexity index is 890. The number of nitrogens with zero attached hydrogens (tertiary/aromatic N) is 3. The molecule has 28 heavy (non-hydrogen) atoms. The minimum atomic E-state index is -0.401. The van der Waals surface area contributed by atoms with Gasteiger partial charge in [0.05, 0.1) is 0 Å². The number of likely N-dealkylation sites (tertiary alicyclic amines) is 1. The molecule has 4 rings (SSSR count). The summed E-state index contributed by atoms with van der Waals surface area (Å²) in [6.45, 7) is 1.56. The van der Waals surface area contributed by atoms with Crippen molar-refractivity contribution in [2.45, 2.75) is 24.8 Å². The Morgan fingerprint density at radius 3 is 2.46 bits per heavy atom. The first-order chi connectivity index (χ1) is 13.7. The zero-order valence-corrected chi connectivity index (χ0v) is 15.4. The van der Waals surface area contributed by atoms with Crippen molar-refractivity contribution in [2.24, 2.45) is 0 Å². The number of nitrogens with one attached hydrogen (secondary N) is 2. The normalized spacial score (nSPS) is 16.6. The molecule has 1 fully saturated rings. The van der Waals surface area contributed by atoms with Gasteiger partial charge in [0.2, 0.25) is 5.91 Å². The number of hydrogen-bond acceptors (Lipinski definition) is 4. The van der Waals surface area contributed by atoms with Gasteiger partial charge < -0.3 is 5.32 Å². The van der Waals surface area contributed by atoms with Gasteiger partial charge in [-0.1, -0.05) is 30.3 Å². The van der Waals surface area contributed by atoms with Gasteiger partial charge in [0.25, 0.3) is 0 Å². The van der Waals surface area contributed by atoms with Gasteiger partial charge in [-0.25, -0.2) is 9.37 Å². The second-order valence-electron chi connectivity index (χ2n) is 6.99. The maximum absolute atomic E-state index is 13.2. The quantitative estimate of drug-likeness (QED) is 0.712. The van der Waals surface area contributed by atoms with Crippen LogP contribution in [0.1, 0.15) is 36.2 Å². The lowest BCUT2D eigenvalue weighted by atomic mass is 9.93. The molecule has 1 amide bonds. The molecule has 3 aromatic rings.